The number of hydrogen-bond donors (Lipinski definition) is 1. The Morgan fingerprint density at radius 1 is 0.969 bits per heavy atom. The zero-order valence-electron chi connectivity index (χ0n) is 18.0. The molecular formula is C26H25N3O3. The molecule has 1 saturated heterocycles. The third-order valence-corrected chi connectivity index (χ3v) is 6.03. The molecule has 0 amide bonds. The number of imidazole rings is 1. The Bertz CT molecular complexity index is 1270. The molecule has 6 nitrogen and oxygen atoms in total. The van der Waals surface area contributed by atoms with Crippen LogP contribution in [0.5, 0.6) is 0 Å². The predicted molar refractivity (Wildman–Crippen MR) is 125 cm³/mol. The van der Waals surface area contributed by atoms with Crippen molar-refractivity contribution in [2.24, 2.45) is 7.05 Å². The van der Waals surface area contributed by atoms with Gasteiger partial charge in [-0.15, -0.1) is 0 Å². The average molecular weight is 428 g/mol. The molecule has 0 spiro atoms. The minimum atomic E-state index is -0.950. The summed E-state index contributed by atoms with van der Waals surface area (Å²) < 4.78 is 7.19. The first-order valence-electron chi connectivity index (χ1n) is 10.8. The molecule has 0 saturated carbocycles. The molecule has 1 aromatic heterocycles. The Morgan fingerprint density at radius 3 is 2.41 bits per heavy atom. The molecule has 162 valence electrons. The second-order valence-electron chi connectivity index (χ2n) is 8.22. The van der Waals surface area contributed by atoms with Gasteiger partial charge in [-0.1, -0.05) is 42.5 Å². The van der Waals surface area contributed by atoms with Crippen LogP contribution in [-0.2, 0) is 18.3 Å². The van der Waals surface area contributed by atoms with E-state index in [1.54, 1.807) is 17.0 Å². The number of carboxylic acid groups (broad SMARTS) is 1. The maximum Gasteiger partial charge on any atom is 0.337 e. The highest BCUT2D eigenvalue weighted by molar-refractivity contribution is 6.03. The number of aromatic carboxylic acids is 1. The molecule has 1 aliphatic rings. The van der Waals surface area contributed by atoms with Crippen molar-refractivity contribution in [1.29, 1.82) is 0 Å². The van der Waals surface area contributed by atoms with E-state index in [1.807, 2.05) is 25.2 Å². The number of carbonyl (C=O) groups is 1. The van der Waals surface area contributed by atoms with E-state index in [0.717, 1.165) is 49.5 Å². The third kappa shape index (κ3) is 4.02. The maximum absolute atomic E-state index is 11.8. The summed E-state index contributed by atoms with van der Waals surface area (Å²) in [5.41, 5.74) is 6.99. The van der Waals surface area contributed by atoms with E-state index in [-0.39, 0.29) is 5.56 Å². The molecule has 0 atom stereocenters. The molecule has 1 aliphatic heterocycles. The molecule has 0 aliphatic carbocycles. The Labute approximate surface area is 186 Å². The number of nitrogens with zero attached hydrogens (tertiary/aromatic N) is 3. The highest BCUT2D eigenvalue weighted by atomic mass is 16.5. The SMILES string of the molecule is Cn1cnc2cc(-c3ccc(-c4cccc(CN5CCOCC5)c4)cc3)cc(C(=O)O)c21. The first-order valence-corrected chi connectivity index (χ1v) is 10.8. The topological polar surface area (TPSA) is 67.6 Å². The molecule has 4 aromatic rings. The van der Waals surface area contributed by atoms with E-state index in [9.17, 15) is 9.90 Å². The summed E-state index contributed by atoms with van der Waals surface area (Å²) >= 11 is 0. The number of benzene rings is 3. The Kier molecular flexibility index (Phi) is 5.47. The molecule has 5 rings (SSSR count). The van der Waals surface area contributed by atoms with Gasteiger partial charge < -0.3 is 14.4 Å². The highest BCUT2D eigenvalue weighted by Gasteiger charge is 2.15. The van der Waals surface area contributed by atoms with Crippen LogP contribution >= 0.6 is 0 Å². The number of fused-ring (bicyclic) bond motifs is 1. The van der Waals surface area contributed by atoms with Crippen molar-refractivity contribution in [3.8, 4) is 22.3 Å². The summed E-state index contributed by atoms with van der Waals surface area (Å²) in [7, 11) is 1.81. The number of rotatable bonds is 5. The standard InChI is InChI=1S/C26H25N3O3/c1-28-17-27-24-15-22(14-23(25(24)28)26(30)31)20-7-5-19(6-8-20)21-4-2-3-18(13-21)16-29-9-11-32-12-10-29/h2-8,13-15,17H,9-12,16H2,1H3,(H,30,31). The normalized spacial score (nSPS) is 14.7. The molecule has 2 heterocycles. The molecular weight excluding hydrogens is 402 g/mol. The van der Waals surface area contributed by atoms with Gasteiger partial charge >= 0.3 is 5.97 Å². The fraction of sp³-hybridized carbons (Fsp3) is 0.231. The number of aromatic nitrogens is 2. The number of ether oxygens (including phenoxy) is 1. The lowest BCUT2D eigenvalue weighted by molar-refractivity contribution is 0.0342. The number of morpholine rings is 1. The predicted octanol–water partition coefficient (Wildman–Crippen LogP) is 4.44. The van der Waals surface area contributed by atoms with Crippen LogP contribution in [0.4, 0.5) is 0 Å². The lowest BCUT2D eigenvalue weighted by atomic mass is 9.97. The number of carboxylic acids is 1. The summed E-state index contributed by atoms with van der Waals surface area (Å²) in [5, 5.41) is 9.68. The minimum Gasteiger partial charge on any atom is -0.478 e. The van der Waals surface area contributed by atoms with Crippen LogP contribution < -0.4 is 0 Å². The van der Waals surface area contributed by atoms with Gasteiger partial charge in [-0.3, -0.25) is 4.90 Å². The zero-order chi connectivity index (χ0) is 22.1. The summed E-state index contributed by atoms with van der Waals surface area (Å²) in [6, 6.07) is 20.6. The lowest BCUT2D eigenvalue weighted by Crippen LogP contribution is -2.35. The Morgan fingerprint density at radius 2 is 1.69 bits per heavy atom. The van der Waals surface area contributed by atoms with Crippen LogP contribution in [0.3, 0.4) is 0 Å². The van der Waals surface area contributed by atoms with Crippen LogP contribution in [0, 0.1) is 0 Å². The van der Waals surface area contributed by atoms with Gasteiger partial charge in [-0.05, 0) is 46.0 Å². The van der Waals surface area contributed by atoms with E-state index in [4.69, 9.17) is 4.74 Å². The number of hydrogen-bond acceptors (Lipinski definition) is 4. The smallest absolute Gasteiger partial charge is 0.337 e. The van der Waals surface area contributed by atoms with Crippen molar-refractivity contribution in [1.82, 2.24) is 14.5 Å². The third-order valence-electron chi connectivity index (χ3n) is 6.03. The van der Waals surface area contributed by atoms with Crippen LogP contribution in [0.25, 0.3) is 33.3 Å². The van der Waals surface area contributed by atoms with Crippen molar-refractivity contribution in [2.75, 3.05) is 26.3 Å². The first-order chi connectivity index (χ1) is 15.6. The van der Waals surface area contributed by atoms with Crippen molar-refractivity contribution in [3.05, 3.63) is 78.1 Å². The van der Waals surface area contributed by atoms with Crippen LogP contribution in [-0.4, -0.2) is 51.8 Å². The van der Waals surface area contributed by atoms with Crippen molar-refractivity contribution < 1.29 is 14.6 Å². The highest BCUT2D eigenvalue weighted by Crippen LogP contribution is 2.29. The summed E-state index contributed by atoms with van der Waals surface area (Å²) in [5.74, 6) is -0.950. The van der Waals surface area contributed by atoms with Crippen LogP contribution in [0.15, 0.2) is 67.0 Å². The van der Waals surface area contributed by atoms with Gasteiger partial charge in [0.15, 0.2) is 0 Å². The zero-order valence-corrected chi connectivity index (χ0v) is 18.0. The van der Waals surface area contributed by atoms with Crippen LogP contribution in [0.2, 0.25) is 0 Å². The van der Waals surface area contributed by atoms with Gasteiger partial charge in [0.05, 0.1) is 36.1 Å². The Balaban J connectivity index is 1.42. The lowest BCUT2D eigenvalue weighted by Gasteiger charge is -2.26. The molecule has 0 unspecified atom stereocenters. The first kappa shape index (κ1) is 20.4. The maximum atomic E-state index is 11.8. The molecule has 1 N–H and O–H groups in total. The fourth-order valence-electron chi connectivity index (χ4n) is 4.35. The van der Waals surface area contributed by atoms with E-state index in [2.05, 4.69) is 46.3 Å². The molecule has 1 fully saturated rings. The van der Waals surface area contributed by atoms with Crippen molar-refractivity contribution >= 4 is 17.0 Å². The van der Waals surface area contributed by atoms with E-state index < -0.39 is 5.97 Å². The molecule has 3 aromatic carbocycles. The second-order valence-corrected chi connectivity index (χ2v) is 8.22. The minimum absolute atomic E-state index is 0.261. The monoisotopic (exact) mass is 427 g/mol. The second kappa shape index (κ2) is 8.57. The molecule has 6 heteroatoms. The molecule has 0 bridgehead atoms. The van der Waals surface area contributed by atoms with E-state index in [1.165, 1.54) is 11.1 Å². The van der Waals surface area contributed by atoms with Gasteiger partial charge in [-0.25, -0.2) is 9.78 Å². The van der Waals surface area contributed by atoms with Crippen molar-refractivity contribution in [3.63, 3.8) is 0 Å². The number of aryl methyl sites for hydroxylation is 1. The fourth-order valence-corrected chi connectivity index (χ4v) is 4.35. The van der Waals surface area contributed by atoms with Gasteiger partial charge in [-0.2, -0.15) is 0 Å². The quantitative estimate of drug-likeness (QED) is 0.510. The Hall–Kier alpha value is -3.48. The van der Waals surface area contributed by atoms with E-state index >= 15 is 0 Å². The van der Waals surface area contributed by atoms with Crippen molar-refractivity contribution in [2.45, 2.75) is 6.54 Å². The van der Waals surface area contributed by atoms with Gasteiger partial charge in [0.2, 0.25) is 0 Å². The van der Waals surface area contributed by atoms with Gasteiger partial charge in [0, 0.05) is 26.7 Å². The summed E-state index contributed by atoms with van der Waals surface area (Å²) in [4.78, 5) is 18.6. The van der Waals surface area contributed by atoms with Gasteiger partial charge in [0.1, 0.15) is 0 Å². The largest absolute Gasteiger partial charge is 0.478 e. The molecule has 32 heavy (non-hydrogen) atoms. The summed E-state index contributed by atoms with van der Waals surface area (Å²) in [6.45, 7) is 4.47. The van der Waals surface area contributed by atoms with Gasteiger partial charge in [0.25, 0.3) is 0 Å². The molecule has 0 radical (unpaired) electrons. The average Bonchev–Trinajstić information content (AvgIpc) is 3.20. The summed E-state index contributed by atoms with van der Waals surface area (Å²) in [6.07, 6.45) is 1.65. The van der Waals surface area contributed by atoms with E-state index in [0.29, 0.717) is 11.0 Å². The van der Waals surface area contributed by atoms with Crippen LogP contribution in [0.1, 0.15) is 15.9 Å².